The van der Waals surface area contributed by atoms with Gasteiger partial charge in [-0.2, -0.15) is 0 Å². The van der Waals surface area contributed by atoms with Gasteiger partial charge >= 0.3 is 0 Å². The number of anilines is 1. The molecule has 0 aliphatic heterocycles. The molecule has 0 bridgehead atoms. The Kier molecular flexibility index (Phi) is 6.63. The first-order valence-electron chi connectivity index (χ1n) is 9.44. The molecule has 148 valence electrons. The Morgan fingerprint density at radius 3 is 2.31 bits per heavy atom. The number of hydrogen-bond acceptors (Lipinski definition) is 3. The average molecular weight is 388 g/mol. The van der Waals surface area contributed by atoms with E-state index in [9.17, 15) is 9.59 Å². The van der Waals surface area contributed by atoms with Gasteiger partial charge in [0.2, 0.25) is 0 Å². The third-order valence-corrected chi connectivity index (χ3v) is 4.66. The molecule has 0 saturated carbocycles. The lowest BCUT2D eigenvalue weighted by Gasteiger charge is -2.11. The van der Waals surface area contributed by atoms with Gasteiger partial charge in [0.15, 0.2) is 6.61 Å². The minimum absolute atomic E-state index is 0.104. The summed E-state index contributed by atoms with van der Waals surface area (Å²) in [6.45, 7) is 4.33. The Bertz CT molecular complexity index is 983. The maximum absolute atomic E-state index is 12.2. The van der Waals surface area contributed by atoms with Gasteiger partial charge in [0.1, 0.15) is 5.75 Å². The fourth-order valence-corrected chi connectivity index (χ4v) is 2.80. The van der Waals surface area contributed by atoms with Crippen molar-refractivity contribution in [2.75, 3.05) is 11.9 Å². The van der Waals surface area contributed by atoms with Crippen LogP contribution in [0.25, 0.3) is 0 Å². The van der Waals surface area contributed by atoms with Crippen LogP contribution in [0.4, 0.5) is 5.69 Å². The summed E-state index contributed by atoms with van der Waals surface area (Å²) in [6.07, 6.45) is 0. The quantitative estimate of drug-likeness (QED) is 0.636. The van der Waals surface area contributed by atoms with Crippen LogP contribution in [-0.4, -0.2) is 18.4 Å². The van der Waals surface area contributed by atoms with Gasteiger partial charge < -0.3 is 15.4 Å². The molecular formula is C24H24N2O3. The molecule has 3 rings (SSSR count). The first-order chi connectivity index (χ1) is 14.0. The molecule has 29 heavy (non-hydrogen) atoms. The van der Waals surface area contributed by atoms with E-state index in [2.05, 4.69) is 10.6 Å². The number of carbonyl (C=O) groups excluding carboxylic acids is 2. The normalized spacial score (nSPS) is 10.3. The maximum atomic E-state index is 12.2. The monoisotopic (exact) mass is 388 g/mol. The summed E-state index contributed by atoms with van der Waals surface area (Å²) in [4.78, 5) is 24.4. The van der Waals surface area contributed by atoms with Crippen molar-refractivity contribution in [1.82, 2.24) is 5.32 Å². The van der Waals surface area contributed by atoms with Gasteiger partial charge in [0, 0.05) is 17.8 Å². The van der Waals surface area contributed by atoms with E-state index in [-0.39, 0.29) is 18.4 Å². The van der Waals surface area contributed by atoms with Gasteiger partial charge in [-0.3, -0.25) is 9.59 Å². The SMILES string of the molecule is Cc1cccc(NC(=O)COc2ccc(C(=O)NCc3ccccc3)cc2)c1C. The van der Waals surface area contributed by atoms with Crippen LogP contribution in [0.15, 0.2) is 72.8 Å². The molecule has 0 heterocycles. The molecule has 0 radical (unpaired) electrons. The molecule has 5 heteroatoms. The zero-order valence-corrected chi connectivity index (χ0v) is 16.6. The lowest BCUT2D eigenvalue weighted by atomic mass is 10.1. The number of hydrogen-bond donors (Lipinski definition) is 2. The summed E-state index contributed by atoms with van der Waals surface area (Å²) < 4.78 is 5.53. The van der Waals surface area contributed by atoms with Crippen LogP contribution in [0.2, 0.25) is 0 Å². The molecule has 2 amide bonds. The van der Waals surface area contributed by atoms with Gasteiger partial charge in [-0.05, 0) is 60.9 Å². The van der Waals surface area contributed by atoms with Gasteiger partial charge in [-0.15, -0.1) is 0 Å². The predicted octanol–water partition coefficient (Wildman–Crippen LogP) is 4.25. The summed E-state index contributed by atoms with van der Waals surface area (Å²) >= 11 is 0. The molecule has 0 atom stereocenters. The highest BCUT2D eigenvalue weighted by Gasteiger charge is 2.08. The number of amides is 2. The molecule has 0 aliphatic carbocycles. The lowest BCUT2D eigenvalue weighted by molar-refractivity contribution is -0.118. The molecule has 0 saturated heterocycles. The Balaban J connectivity index is 1.49. The lowest BCUT2D eigenvalue weighted by Crippen LogP contribution is -2.23. The minimum atomic E-state index is -0.233. The van der Waals surface area contributed by atoms with Crippen molar-refractivity contribution in [2.45, 2.75) is 20.4 Å². The van der Waals surface area contributed by atoms with Crippen LogP contribution >= 0.6 is 0 Å². The molecule has 3 aromatic carbocycles. The van der Waals surface area contributed by atoms with E-state index < -0.39 is 0 Å². The number of aryl methyl sites for hydroxylation is 1. The van der Waals surface area contributed by atoms with Crippen LogP contribution in [0, 0.1) is 13.8 Å². The molecule has 2 N–H and O–H groups in total. The van der Waals surface area contributed by atoms with Crippen molar-refractivity contribution in [3.63, 3.8) is 0 Å². The highest BCUT2D eigenvalue weighted by atomic mass is 16.5. The second kappa shape index (κ2) is 9.55. The first-order valence-corrected chi connectivity index (χ1v) is 9.44. The topological polar surface area (TPSA) is 67.4 Å². The molecule has 0 spiro atoms. The second-order valence-corrected chi connectivity index (χ2v) is 6.78. The number of ether oxygens (including phenoxy) is 1. The van der Waals surface area contributed by atoms with Crippen LogP contribution < -0.4 is 15.4 Å². The predicted molar refractivity (Wildman–Crippen MR) is 114 cm³/mol. The van der Waals surface area contributed by atoms with Crippen LogP contribution in [0.1, 0.15) is 27.0 Å². The van der Waals surface area contributed by atoms with Crippen molar-refractivity contribution in [1.29, 1.82) is 0 Å². The largest absolute Gasteiger partial charge is 0.484 e. The fraction of sp³-hybridized carbons (Fsp3) is 0.167. The minimum Gasteiger partial charge on any atom is -0.484 e. The van der Waals surface area contributed by atoms with E-state index in [1.165, 1.54) is 0 Å². The molecular weight excluding hydrogens is 364 g/mol. The Morgan fingerprint density at radius 2 is 1.59 bits per heavy atom. The summed E-state index contributed by atoms with van der Waals surface area (Å²) in [5, 5.41) is 5.73. The van der Waals surface area contributed by atoms with Crippen molar-refractivity contribution < 1.29 is 14.3 Å². The van der Waals surface area contributed by atoms with Gasteiger partial charge in [0.05, 0.1) is 0 Å². The molecule has 5 nitrogen and oxygen atoms in total. The number of carbonyl (C=O) groups is 2. The zero-order valence-electron chi connectivity index (χ0n) is 16.6. The number of benzene rings is 3. The van der Waals surface area contributed by atoms with Crippen molar-refractivity contribution in [3.8, 4) is 5.75 Å². The summed E-state index contributed by atoms with van der Waals surface area (Å²) in [5.41, 5.74) is 4.50. The molecule has 0 unspecified atom stereocenters. The van der Waals surface area contributed by atoms with Gasteiger partial charge in [-0.25, -0.2) is 0 Å². The maximum Gasteiger partial charge on any atom is 0.262 e. The van der Waals surface area contributed by atoms with Crippen molar-refractivity contribution in [2.24, 2.45) is 0 Å². The molecule has 0 fully saturated rings. The average Bonchev–Trinajstić information content (AvgIpc) is 2.75. The van der Waals surface area contributed by atoms with E-state index >= 15 is 0 Å². The molecule has 3 aromatic rings. The molecule has 0 aliphatic rings. The van der Waals surface area contributed by atoms with E-state index in [1.807, 2.05) is 62.4 Å². The van der Waals surface area contributed by atoms with Gasteiger partial charge in [-0.1, -0.05) is 42.5 Å². The van der Waals surface area contributed by atoms with E-state index in [4.69, 9.17) is 4.74 Å². The Hall–Kier alpha value is -3.60. The highest BCUT2D eigenvalue weighted by Crippen LogP contribution is 2.18. The second-order valence-electron chi connectivity index (χ2n) is 6.78. The first kappa shape index (κ1) is 20.1. The summed E-state index contributed by atoms with van der Waals surface area (Å²) in [7, 11) is 0. The smallest absolute Gasteiger partial charge is 0.262 e. The van der Waals surface area contributed by atoms with E-state index in [1.54, 1.807) is 24.3 Å². The van der Waals surface area contributed by atoms with E-state index in [0.29, 0.717) is 17.9 Å². The standard InChI is InChI=1S/C24H24N2O3/c1-17-7-6-10-22(18(17)2)26-23(27)16-29-21-13-11-20(12-14-21)24(28)25-15-19-8-4-3-5-9-19/h3-14H,15-16H2,1-2H3,(H,25,28)(H,26,27). The number of nitrogens with one attached hydrogen (secondary N) is 2. The van der Waals surface area contributed by atoms with Crippen molar-refractivity contribution >= 4 is 17.5 Å². The molecule has 0 aromatic heterocycles. The van der Waals surface area contributed by atoms with E-state index in [0.717, 1.165) is 22.4 Å². The third kappa shape index (κ3) is 5.69. The summed E-state index contributed by atoms with van der Waals surface area (Å²) in [6, 6.07) is 22.2. The fourth-order valence-electron chi connectivity index (χ4n) is 2.80. The zero-order chi connectivity index (χ0) is 20.6. The third-order valence-electron chi connectivity index (χ3n) is 4.66. The van der Waals surface area contributed by atoms with Crippen molar-refractivity contribution in [3.05, 3.63) is 95.1 Å². The Morgan fingerprint density at radius 1 is 0.862 bits per heavy atom. The van der Waals surface area contributed by atoms with Crippen LogP contribution in [0.5, 0.6) is 5.75 Å². The Labute approximate surface area is 170 Å². The van der Waals surface area contributed by atoms with Crippen LogP contribution in [0.3, 0.4) is 0 Å². The number of rotatable bonds is 7. The van der Waals surface area contributed by atoms with Crippen LogP contribution in [-0.2, 0) is 11.3 Å². The highest BCUT2D eigenvalue weighted by molar-refractivity contribution is 5.94. The van der Waals surface area contributed by atoms with Gasteiger partial charge in [0.25, 0.3) is 11.8 Å². The summed E-state index contributed by atoms with van der Waals surface area (Å²) in [5.74, 6) is 0.136.